The lowest BCUT2D eigenvalue weighted by Crippen LogP contribution is -2.55. The quantitative estimate of drug-likeness (QED) is 0.728. The SMILES string of the molecule is CC(C(=O)N(C)C1CCS(=O)(=O)C1)N1CCN(Cc2cccc3ccccc23)CC1. The molecule has 30 heavy (non-hydrogen) atoms. The van der Waals surface area contributed by atoms with Crippen molar-refractivity contribution in [2.75, 3.05) is 44.7 Å². The molecule has 4 rings (SSSR count). The fourth-order valence-corrected chi connectivity index (χ4v) is 6.47. The monoisotopic (exact) mass is 429 g/mol. The Labute approximate surface area is 179 Å². The molecule has 2 unspecified atom stereocenters. The van der Waals surface area contributed by atoms with Gasteiger partial charge in [0.05, 0.1) is 17.5 Å². The second-order valence-corrected chi connectivity index (χ2v) is 10.9. The first-order chi connectivity index (χ1) is 14.3. The van der Waals surface area contributed by atoms with Gasteiger partial charge in [-0.25, -0.2) is 8.42 Å². The Morgan fingerprint density at radius 2 is 1.80 bits per heavy atom. The number of fused-ring (bicyclic) bond motifs is 1. The van der Waals surface area contributed by atoms with E-state index in [2.05, 4.69) is 52.3 Å². The molecule has 2 heterocycles. The molecule has 2 atom stereocenters. The fourth-order valence-electron chi connectivity index (χ4n) is 4.69. The summed E-state index contributed by atoms with van der Waals surface area (Å²) < 4.78 is 23.5. The lowest BCUT2D eigenvalue weighted by atomic mass is 10.0. The van der Waals surface area contributed by atoms with Gasteiger partial charge in [-0.3, -0.25) is 14.6 Å². The van der Waals surface area contributed by atoms with Crippen LogP contribution in [-0.4, -0.2) is 85.8 Å². The largest absolute Gasteiger partial charge is 0.340 e. The number of carbonyl (C=O) groups excluding carboxylic acids is 1. The molecule has 7 heteroatoms. The summed E-state index contributed by atoms with van der Waals surface area (Å²) in [5.74, 6) is 0.316. The van der Waals surface area contributed by atoms with E-state index in [4.69, 9.17) is 0 Å². The fraction of sp³-hybridized carbons (Fsp3) is 0.522. The summed E-state index contributed by atoms with van der Waals surface area (Å²) in [5, 5.41) is 2.57. The number of hydrogen-bond donors (Lipinski definition) is 0. The molecule has 2 aliphatic rings. The molecule has 0 aliphatic carbocycles. The van der Waals surface area contributed by atoms with Crippen LogP contribution >= 0.6 is 0 Å². The zero-order valence-electron chi connectivity index (χ0n) is 17.8. The molecule has 0 saturated carbocycles. The summed E-state index contributed by atoms with van der Waals surface area (Å²) in [4.78, 5) is 19.3. The summed E-state index contributed by atoms with van der Waals surface area (Å²) in [7, 11) is -1.24. The van der Waals surface area contributed by atoms with E-state index in [9.17, 15) is 13.2 Å². The Balaban J connectivity index is 1.33. The van der Waals surface area contributed by atoms with E-state index < -0.39 is 9.84 Å². The van der Waals surface area contributed by atoms with Crippen molar-refractivity contribution in [1.29, 1.82) is 0 Å². The van der Waals surface area contributed by atoms with Crippen molar-refractivity contribution >= 4 is 26.5 Å². The van der Waals surface area contributed by atoms with E-state index in [0.29, 0.717) is 6.42 Å². The highest BCUT2D eigenvalue weighted by atomic mass is 32.2. The van der Waals surface area contributed by atoms with Crippen molar-refractivity contribution in [3.05, 3.63) is 48.0 Å². The molecule has 0 aromatic heterocycles. The van der Waals surface area contributed by atoms with Crippen LogP contribution in [-0.2, 0) is 21.2 Å². The first-order valence-corrected chi connectivity index (χ1v) is 12.6. The van der Waals surface area contributed by atoms with E-state index in [0.717, 1.165) is 32.7 Å². The molecule has 0 spiro atoms. The van der Waals surface area contributed by atoms with Gasteiger partial charge < -0.3 is 4.90 Å². The van der Waals surface area contributed by atoms with Gasteiger partial charge in [0.2, 0.25) is 5.91 Å². The van der Waals surface area contributed by atoms with Gasteiger partial charge in [0, 0.05) is 45.8 Å². The predicted octanol–water partition coefficient (Wildman–Crippen LogP) is 1.99. The highest BCUT2D eigenvalue weighted by Crippen LogP contribution is 2.22. The van der Waals surface area contributed by atoms with Gasteiger partial charge in [-0.1, -0.05) is 42.5 Å². The molecule has 162 valence electrons. The minimum atomic E-state index is -2.99. The van der Waals surface area contributed by atoms with Crippen molar-refractivity contribution in [2.24, 2.45) is 0 Å². The molecule has 6 nitrogen and oxygen atoms in total. The molecule has 2 aromatic rings. The average Bonchev–Trinajstić information content (AvgIpc) is 3.12. The van der Waals surface area contributed by atoms with Crippen LogP contribution in [0.1, 0.15) is 18.9 Å². The minimum absolute atomic E-state index is 0.0274. The summed E-state index contributed by atoms with van der Waals surface area (Å²) in [6.45, 7) is 6.38. The molecule has 0 N–H and O–H groups in total. The van der Waals surface area contributed by atoms with Crippen LogP contribution in [0.15, 0.2) is 42.5 Å². The standard InChI is InChI=1S/C23H31N3O3S/c1-18(23(27)24(2)21-10-15-30(28,29)17-21)26-13-11-25(12-14-26)16-20-8-5-7-19-6-3-4-9-22(19)20/h3-9,18,21H,10-17H2,1-2H3. The van der Waals surface area contributed by atoms with Crippen molar-refractivity contribution in [3.63, 3.8) is 0 Å². The van der Waals surface area contributed by atoms with Crippen LogP contribution < -0.4 is 0 Å². The maximum absolute atomic E-state index is 12.9. The molecule has 0 bridgehead atoms. The third kappa shape index (κ3) is 4.53. The lowest BCUT2D eigenvalue weighted by molar-refractivity contribution is -0.137. The van der Waals surface area contributed by atoms with Gasteiger partial charge in [-0.2, -0.15) is 0 Å². The second-order valence-electron chi connectivity index (χ2n) is 8.63. The third-order valence-corrected chi connectivity index (χ3v) is 8.44. The third-order valence-electron chi connectivity index (χ3n) is 6.69. The van der Waals surface area contributed by atoms with E-state index in [1.54, 1.807) is 11.9 Å². The first-order valence-electron chi connectivity index (χ1n) is 10.7. The first kappa shape index (κ1) is 21.3. The Bertz CT molecular complexity index is 1010. The van der Waals surface area contributed by atoms with Crippen LogP contribution in [0.5, 0.6) is 0 Å². The van der Waals surface area contributed by atoms with Crippen LogP contribution in [0.2, 0.25) is 0 Å². The van der Waals surface area contributed by atoms with Crippen molar-refractivity contribution < 1.29 is 13.2 Å². The number of piperazine rings is 1. The molecule has 2 fully saturated rings. The van der Waals surface area contributed by atoms with Gasteiger partial charge in [0.15, 0.2) is 9.84 Å². The zero-order chi connectivity index (χ0) is 21.3. The molecule has 1 amide bonds. The van der Waals surface area contributed by atoms with Gasteiger partial charge in [0.25, 0.3) is 0 Å². The van der Waals surface area contributed by atoms with E-state index in [1.807, 2.05) is 6.92 Å². The molecule has 2 saturated heterocycles. The Morgan fingerprint density at radius 1 is 1.10 bits per heavy atom. The van der Waals surface area contributed by atoms with E-state index >= 15 is 0 Å². The average molecular weight is 430 g/mol. The van der Waals surface area contributed by atoms with E-state index in [1.165, 1.54) is 16.3 Å². The van der Waals surface area contributed by atoms with Crippen LogP contribution in [0.3, 0.4) is 0 Å². The van der Waals surface area contributed by atoms with Crippen LogP contribution in [0.25, 0.3) is 10.8 Å². The maximum Gasteiger partial charge on any atom is 0.239 e. The van der Waals surface area contributed by atoms with Gasteiger partial charge >= 0.3 is 0 Å². The number of rotatable bonds is 5. The number of sulfone groups is 1. The number of hydrogen-bond acceptors (Lipinski definition) is 5. The number of amides is 1. The highest BCUT2D eigenvalue weighted by molar-refractivity contribution is 7.91. The normalized spacial score (nSPS) is 23.5. The minimum Gasteiger partial charge on any atom is -0.340 e. The molecule has 0 radical (unpaired) electrons. The Kier molecular flexibility index (Phi) is 6.14. The molecule has 2 aliphatic heterocycles. The second kappa shape index (κ2) is 8.65. The number of nitrogens with zero attached hydrogens (tertiary/aromatic N) is 3. The summed E-state index contributed by atoms with van der Waals surface area (Å²) in [5.41, 5.74) is 1.34. The van der Waals surface area contributed by atoms with E-state index in [-0.39, 0.29) is 29.5 Å². The molecule has 2 aromatic carbocycles. The number of benzene rings is 2. The number of likely N-dealkylation sites (N-methyl/N-ethyl adjacent to an activating group) is 1. The van der Waals surface area contributed by atoms with Crippen molar-refractivity contribution in [3.8, 4) is 0 Å². The summed E-state index contributed by atoms with van der Waals surface area (Å²) in [6, 6.07) is 14.5. The van der Waals surface area contributed by atoms with Crippen LogP contribution in [0.4, 0.5) is 0 Å². The smallest absolute Gasteiger partial charge is 0.239 e. The summed E-state index contributed by atoms with van der Waals surface area (Å²) >= 11 is 0. The Hall–Kier alpha value is -1.96. The predicted molar refractivity (Wildman–Crippen MR) is 120 cm³/mol. The number of carbonyl (C=O) groups is 1. The lowest BCUT2D eigenvalue weighted by Gasteiger charge is -2.39. The van der Waals surface area contributed by atoms with Gasteiger partial charge in [0.1, 0.15) is 0 Å². The molecular formula is C23H31N3O3S. The topological polar surface area (TPSA) is 60.9 Å². The van der Waals surface area contributed by atoms with Crippen molar-refractivity contribution in [1.82, 2.24) is 14.7 Å². The van der Waals surface area contributed by atoms with Gasteiger partial charge in [-0.05, 0) is 29.7 Å². The highest BCUT2D eigenvalue weighted by Gasteiger charge is 2.35. The maximum atomic E-state index is 12.9. The molecular weight excluding hydrogens is 398 g/mol. The van der Waals surface area contributed by atoms with Crippen molar-refractivity contribution in [2.45, 2.75) is 32.0 Å². The van der Waals surface area contributed by atoms with Gasteiger partial charge in [-0.15, -0.1) is 0 Å². The Morgan fingerprint density at radius 3 is 2.50 bits per heavy atom. The summed E-state index contributed by atoms with van der Waals surface area (Å²) in [6.07, 6.45) is 0.552. The van der Waals surface area contributed by atoms with Crippen LogP contribution in [0, 0.1) is 0 Å². The zero-order valence-corrected chi connectivity index (χ0v) is 18.6.